The Hall–Kier alpha value is -3.80. The fraction of sp³-hybridized carbons (Fsp3) is 0.167. The number of rotatable bonds is 8. The van der Waals surface area contributed by atoms with Crippen LogP contribution in [0.5, 0.6) is 11.5 Å². The number of ether oxygens (including phenoxy) is 2. The lowest BCUT2D eigenvalue weighted by Gasteiger charge is -2.10. The van der Waals surface area contributed by atoms with Crippen molar-refractivity contribution in [2.45, 2.75) is 24.7 Å². The van der Waals surface area contributed by atoms with Gasteiger partial charge in [0.1, 0.15) is 18.1 Å². The summed E-state index contributed by atoms with van der Waals surface area (Å²) < 4.78 is 36.8. The van der Waals surface area contributed by atoms with Crippen molar-refractivity contribution in [3.8, 4) is 23.3 Å². The number of halogens is 1. The molecular formula is C30H25BrO6S. The number of fused-ring (bicyclic) bond motifs is 1. The van der Waals surface area contributed by atoms with Crippen molar-refractivity contribution >= 4 is 37.8 Å². The number of hydrogen-bond acceptors (Lipinski definition) is 5. The molecule has 0 saturated carbocycles. The molecule has 0 aromatic heterocycles. The highest BCUT2D eigenvalue weighted by Crippen LogP contribution is 2.33. The normalized spacial score (nSPS) is 14.2. The van der Waals surface area contributed by atoms with Gasteiger partial charge < -0.3 is 14.6 Å². The molecule has 1 aliphatic heterocycles. The summed E-state index contributed by atoms with van der Waals surface area (Å²) in [6.45, 7) is 3.33. The van der Waals surface area contributed by atoms with Gasteiger partial charge >= 0.3 is 5.97 Å². The number of sulfone groups is 1. The Morgan fingerprint density at radius 1 is 1.05 bits per heavy atom. The molecule has 0 bridgehead atoms. The van der Waals surface area contributed by atoms with E-state index in [9.17, 15) is 13.2 Å². The summed E-state index contributed by atoms with van der Waals surface area (Å²) in [4.78, 5) is 11.4. The van der Waals surface area contributed by atoms with Crippen LogP contribution in [0.4, 0.5) is 0 Å². The van der Waals surface area contributed by atoms with Gasteiger partial charge in [0.2, 0.25) is 9.84 Å². The third-order valence-corrected chi connectivity index (χ3v) is 8.30. The quantitative estimate of drug-likeness (QED) is 0.249. The number of allylic oxidation sites excluding steroid dienone is 2. The lowest BCUT2D eigenvalue weighted by Crippen LogP contribution is -2.10. The first-order chi connectivity index (χ1) is 18.1. The van der Waals surface area contributed by atoms with E-state index in [1.807, 2.05) is 43.3 Å². The molecule has 194 valence electrons. The van der Waals surface area contributed by atoms with Crippen LogP contribution in [-0.4, -0.2) is 32.7 Å². The van der Waals surface area contributed by atoms with E-state index < -0.39 is 22.4 Å². The largest absolute Gasteiger partial charge is 0.490 e. The van der Waals surface area contributed by atoms with Gasteiger partial charge in [-0.05, 0) is 91.2 Å². The fourth-order valence-corrected chi connectivity index (χ4v) is 5.45. The first kappa shape index (κ1) is 27.2. The first-order valence-electron chi connectivity index (χ1n) is 11.7. The third kappa shape index (κ3) is 6.55. The number of hydrogen-bond donors (Lipinski definition) is 1. The van der Waals surface area contributed by atoms with Gasteiger partial charge in [0, 0.05) is 14.9 Å². The minimum Gasteiger partial charge on any atom is -0.490 e. The fourth-order valence-electron chi connectivity index (χ4n) is 3.88. The van der Waals surface area contributed by atoms with E-state index in [2.05, 4.69) is 27.8 Å². The summed E-state index contributed by atoms with van der Waals surface area (Å²) in [7, 11) is -3.38. The van der Waals surface area contributed by atoms with Gasteiger partial charge in [-0.25, -0.2) is 13.2 Å². The second-order valence-corrected chi connectivity index (χ2v) is 11.7. The Labute approximate surface area is 230 Å². The summed E-state index contributed by atoms with van der Waals surface area (Å²) >= 11 is 3.46. The smallest absolute Gasteiger partial charge is 0.341 e. The standard InChI is InChI=1S/C30H25BrO6S/c1-20-16-27(12-13-28(20)37-19-30(32)33)36-15-3-4-23(24-8-10-26(31)11-9-24)7-5-22-6-14-29-25(18-22)17-21(2)38(29,34)35/h3-4,6,8-14,16-18,23H,15,19H2,1-2H3,(H,32,33)/b4-3-. The van der Waals surface area contributed by atoms with Crippen LogP contribution in [0, 0.1) is 18.8 Å². The maximum absolute atomic E-state index is 12.4. The summed E-state index contributed by atoms with van der Waals surface area (Å²) in [5, 5.41) is 8.78. The van der Waals surface area contributed by atoms with E-state index in [0.717, 1.165) is 21.2 Å². The SMILES string of the molecule is CC1=Cc2cc(C#CC(/C=C\COc3ccc(OCC(=O)O)c(C)c3)c3ccc(Br)cc3)ccc2S1(=O)=O. The molecule has 38 heavy (non-hydrogen) atoms. The molecule has 0 saturated heterocycles. The molecule has 0 aliphatic carbocycles. The van der Waals surface area contributed by atoms with Crippen LogP contribution in [0.25, 0.3) is 6.08 Å². The number of carboxylic acid groups (broad SMARTS) is 1. The maximum atomic E-state index is 12.4. The van der Waals surface area contributed by atoms with Crippen LogP contribution < -0.4 is 9.47 Å². The number of aryl methyl sites for hydroxylation is 1. The van der Waals surface area contributed by atoms with Crippen molar-refractivity contribution in [1.29, 1.82) is 0 Å². The topological polar surface area (TPSA) is 89.9 Å². The predicted molar refractivity (Wildman–Crippen MR) is 150 cm³/mol. The molecule has 1 atom stereocenters. The molecule has 4 rings (SSSR count). The molecule has 3 aromatic rings. The zero-order valence-corrected chi connectivity index (χ0v) is 23.2. The minimum atomic E-state index is -3.38. The third-order valence-electron chi connectivity index (χ3n) is 5.86. The number of carboxylic acids is 1. The van der Waals surface area contributed by atoms with Crippen LogP contribution in [0.2, 0.25) is 0 Å². The number of benzene rings is 3. The Bertz CT molecular complexity index is 1590. The second-order valence-electron chi connectivity index (χ2n) is 8.66. The van der Waals surface area contributed by atoms with Crippen LogP contribution in [0.15, 0.2) is 87.1 Å². The molecule has 0 amide bonds. The molecule has 3 aromatic carbocycles. The van der Waals surface area contributed by atoms with Crippen molar-refractivity contribution in [3.63, 3.8) is 0 Å². The maximum Gasteiger partial charge on any atom is 0.341 e. The van der Waals surface area contributed by atoms with E-state index in [1.54, 1.807) is 49.4 Å². The molecular weight excluding hydrogens is 568 g/mol. The van der Waals surface area contributed by atoms with Gasteiger partial charge in [-0.1, -0.05) is 46.0 Å². The van der Waals surface area contributed by atoms with Gasteiger partial charge in [-0.15, -0.1) is 0 Å². The molecule has 1 aliphatic rings. The lowest BCUT2D eigenvalue weighted by molar-refractivity contribution is -0.139. The summed E-state index contributed by atoms with van der Waals surface area (Å²) in [6, 6.07) is 18.3. The lowest BCUT2D eigenvalue weighted by atomic mass is 9.98. The number of carbonyl (C=O) groups is 1. The van der Waals surface area contributed by atoms with Crippen LogP contribution in [0.1, 0.15) is 35.1 Å². The van der Waals surface area contributed by atoms with Crippen molar-refractivity contribution in [1.82, 2.24) is 0 Å². The highest BCUT2D eigenvalue weighted by molar-refractivity contribution is 9.10. The van der Waals surface area contributed by atoms with Gasteiger partial charge in [0.25, 0.3) is 0 Å². The van der Waals surface area contributed by atoms with Crippen molar-refractivity contribution < 1.29 is 27.8 Å². The van der Waals surface area contributed by atoms with E-state index >= 15 is 0 Å². The van der Waals surface area contributed by atoms with Gasteiger partial charge in [0.05, 0.1) is 10.8 Å². The van der Waals surface area contributed by atoms with Gasteiger partial charge in [-0.3, -0.25) is 0 Å². The average molecular weight is 593 g/mol. The molecule has 6 nitrogen and oxygen atoms in total. The van der Waals surface area contributed by atoms with Crippen LogP contribution >= 0.6 is 15.9 Å². The monoisotopic (exact) mass is 592 g/mol. The van der Waals surface area contributed by atoms with Crippen molar-refractivity contribution in [2.75, 3.05) is 13.2 Å². The van der Waals surface area contributed by atoms with E-state index in [-0.39, 0.29) is 5.92 Å². The van der Waals surface area contributed by atoms with E-state index in [1.165, 1.54) is 0 Å². The highest BCUT2D eigenvalue weighted by atomic mass is 79.9. The summed E-state index contributed by atoms with van der Waals surface area (Å²) in [5.74, 6) is 6.37. The minimum absolute atomic E-state index is 0.213. The van der Waals surface area contributed by atoms with E-state index in [0.29, 0.717) is 33.5 Å². The zero-order chi connectivity index (χ0) is 27.3. The van der Waals surface area contributed by atoms with Gasteiger partial charge in [-0.2, -0.15) is 0 Å². The Morgan fingerprint density at radius 3 is 2.53 bits per heavy atom. The Kier molecular flexibility index (Phi) is 8.40. The molecule has 0 radical (unpaired) electrons. The van der Waals surface area contributed by atoms with Crippen LogP contribution in [-0.2, 0) is 14.6 Å². The highest BCUT2D eigenvalue weighted by Gasteiger charge is 2.26. The Balaban J connectivity index is 1.49. The molecule has 1 unspecified atom stereocenters. The second kappa shape index (κ2) is 11.7. The first-order valence-corrected chi connectivity index (χ1v) is 14.0. The number of aliphatic carboxylic acids is 1. The van der Waals surface area contributed by atoms with Crippen molar-refractivity contribution in [3.05, 3.63) is 104 Å². The molecule has 8 heteroatoms. The predicted octanol–water partition coefficient (Wildman–Crippen LogP) is 6.14. The molecule has 0 fully saturated rings. The molecule has 0 spiro atoms. The Morgan fingerprint density at radius 2 is 1.82 bits per heavy atom. The summed E-state index contributed by atoms with van der Waals surface area (Å²) in [6.07, 6.45) is 5.54. The van der Waals surface area contributed by atoms with Crippen LogP contribution in [0.3, 0.4) is 0 Å². The zero-order valence-electron chi connectivity index (χ0n) is 20.8. The van der Waals surface area contributed by atoms with Gasteiger partial charge in [0.15, 0.2) is 6.61 Å². The van der Waals surface area contributed by atoms with Crippen molar-refractivity contribution in [2.24, 2.45) is 0 Å². The molecule has 1 N–H and O–H groups in total. The molecule has 1 heterocycles. The average Bonchev–Trinajstić information content (AvgIpc) is 3.10. The van der Waals surface area contributed by atoms with E-state index in [4.69, 9.17) is 14.6 Å². The summed E-state index contributed by atoms with van der Waals surface area (Å²) in [5.41, 5.74) is 3.18.